The van der Waals surface area contributed by atoms with Crippen LogP contribution in [0.3, 0.4) is 0 Å². The number of benzene rings is 1. The van der Waals surface area contributed by atoms with Gasteiger partial charge in [-0.15, -0.1) is 0 Å². The summed E-state index contributed by atoms with van der Waals surface area (Å²) in [6.07, 6.45) is 3.36. The van der Waals surface area contributed by atoms with Crippen LogP contribution in [0.2, 0.25) is 0 Å². The highest BCUT2D eigenvalue weighted by atomic mass is 16.3. The molecule has 0 aliphatic rings. The normalized spacial score (nSPS) is 11.0. The van der Waals surface area contributed by atoms with Crippen molar-refractivity contribution in [3.63, 3.8) is 0 Å². The minimum Gasteiger partial charge on any atom is -0.467 e. The van der Waals surface area contributed by atoms with Gasteiger partial charge in [-0.25, -0.2) is 4.98 Å². The first-order valence-corrected chi connectivity index (χ1v) is 8.33. The minimum atomic E-state index is -0.164. The van der Waals surface area contributed by atoms with E-state index in [1.807, 2.05) is 50.4 Å². The number of fused-ring (bicyclic) bond motifs is 1. The average Bonchev–Trinajstić information content (AvgIpc) is 3.29. The van der Waals surface area contributed by atoms with Crippen molar-refractivity contribution < 1.29 is 9.21 Å². The highest BCUT2D eigenvalue weighted by molar-refractivity contribution is 6.07. The smallest absolute Gasteiger partial charge is 0.252 e. The second-order valence-corrected chi connectivity index (χ2v) is 6.10. The van der Waals surface area contributed by atoms with Crippen LogP contribution >= 0.6 is 0 Å². The molecule has 1 aromatic carbocycles. The number of rotatable bonds is 4. The van der Waals surface area contributed by atoms with Gasteiger partial charge in [-0.2, -0.15) is 5.10 Å². The SMILES string of the molecule is Cc1c(-c2cc(C(=O)NCc3ccco3)c3ccccc3n2)cnn1C. The summed E-state index contributed by atoms with van der Waals surface area (Å²) in [5, 5.41) is 8.01. The Morgan fingerprint density at radius 3 is 2.81 bits per heavy atom. The van der Waals surface area contributed by atoms with Crippen molar-refractivity contribution in [1.29, 1.82) is 0 Å². The van der Waals surface area contributed by atoms with Gasteiger partial charge in [0.1, 0.15) is 5.76 Å². The van der Waals surface area contributed by atoms with E-state index < -0.39 is 0 Å². The van der Waals surface area contributed by atoms with Gasteiger partial charge in [-0.3, -0.25) is 9.48 Å². The number of aryl methyl sites for hydroxylation is 1. The van der Waals surface area contributed by atoms with Crippen LogP contribution in [0.15, 0.2) is 59.3 Å². The number of hydrogen-bond donors (Lipinski definition) is 1. The van der Waals surface area contributed by atoms with Crippen molar-refractivity contribution in [3.05, 3.63) is 71.9 Å². The molecular weight excluding hydrogens is 328 g/mol. The Kier molecular flexibility index (Phi) is 4.01. The zero-order chi connectivity index (χ0) is 18.1. The van der Waals surface area contributed by atoms with Gasteiger partial charge in [-0.1, -0.05) is 18.2 Å². The summed E-state index contributed by atoms with van der Waals surface area (Å²) < 4.78 is 7.08. The molecule has 0 saturated heterocycles. The van der Waals surface area contributed by atoms with E-state index in [1.165, 1.54) is 0 Å². The van der Waals surface area contributed by atoms with Crippen LogP contribution in [0.25, 0.3) is 22.2 Å². The summed E-state index contributed by atoms with van der Waals surface area (Å²) in [5.41, 5.74) is 4.00. The van der Waals surface area contributed by atoms with Crippen molar-refractivity contribution in [2.24, 2.45) is 7.05 Å². The summed E-state index contributed by atoms with van der Waals surface area (Å²) >= 11 is 0. The lowest BCUT2D eigenvalue weighted by atomic mass is 10.0. The second-order valence-electron chi connectivity index (χ2n) is 6.10. The molecule has 1 amide bonds. The van der Waals surface area contributed by atoms with Crippen LogP contribution in [0.1, 0.15) is 21.8 Å². The van der Waals surface area contributed by atoms with Gasteiger partial charge >= 0.3 is 0 Å². The van der Waals surface area contributed by atoms with E-state index >= 15 is 0 Å². The maximum atomic E-state index is 12.8. The molecule has 0 aliphatic carbocycles. The molecule has 3 aromatic heterocycles. The molecule has 0 saturated carbocycles. The topological polar surface area (TPSA) is 73.0 Å². The first-order chi connectivity index (χ1) is 12.6. The number of carbonyl (C=O) groups is 1. The van der Waals surface area contributed by atoms with Crippen LogP contribution in [0, 0.1) is 6.92 Å². The molecule has 0 atom stereocenters. The number of para-hydroxylation sites is 1. The van der Waals surface area contributed by atoms with Crippen molar-refractivity contribution in [1.82, 2.24) is 20.1 Å². The fraction of sp³-hybridized carbons (Fsp3) is 0.150. The molecule has 0 aliphatic heterocycles. The Labute approximate surface area is 150 Å². The van der Waals surface area contributed by atoms with Crippen molar-refractivity contribution in [2.75, 3.05) is 0 Å². The lowest BCUT2D eigenvalue weighted by molar-refractivity contribution is 0.0949. The van der Waals surface area contributed by atoms with E-state index in [0.717, 1.165) is 27.9 Å². The number of aromatic nitrogens is 3. The fourth-order valence-electron chi connectivity index (χ4n) is 2.93. The number of nitrogens with zero attached hydrogens (tertiary/aromatic N) is 3. The van der Waals surface area contributed by atoms with Crippen molar-refractivity contribution in [3.8, 4) is 11.3 Å². The third-order valence-electron chi connectivity index (χ3n) is 4.48. The third-order valence-corrected chi connectivity index (χ3v) is 4.48. The van der Waals surface area contributed by atoms with Crippen LogP contribution < -0.4 is 5.32 Å². The average molecular weight is 346 g/mol. The summed E-state index contributed by atoms with van der Waals surface area (Å²) in [5.74, 6) is 0.544. The van der Waals surface area contributed by atoms with Gasteiger partial charge in [0.2, 0.25) is 0 Å². The highest BCUT2D eigenvalue weighted by Crippen LogP contribution is 2.26. The first kappa shape index (κ1) is 16.1. The number of pyridine rings is 1. The summed E-state index contributed by atoms with van der Waals surface area (Å²) in [4.78, 5) is 17.5. The fourth-order valence-corrected chi connectivity index (χ4v) is 2.93. The predicted molar refractivity (Wildman–Crippen MR) is 98.6 cm³/mol. The van der Waals surface area contributed by atoms with Crippen LogP contribution in [0.5, 0.6) is 0 Å². The molecule has 4 aromatic rings. The molecule has 4 rings (SSSR count). The van der Waals surface area contributed by atoms with Gasteiger partial charge < -0.3 is 9.73 Å². The maximum Gasteiger partial charge on any atom is 0.252 e. The number of furan rings is 1. The Balaban J connectivity index is 1.77. The van der Waals surface area contributed by atoms with Gasteiger partial charge in [-0.05, 0) is 31.2 Å². The molecule has 3 heterocycles. The Bertz CT molecular complexity index is 1080. The lowest BCUT2D eigenvalue weighted by Gasteiger charge is -2.10. The summed E-state index contributed by atoms with van der Waals surface area (Å²) in [7, 11) is 1.89. The monoisotopic (exact) mass is 346 g/mol. The van der Waals surface area contributed by atoms with Gasteiger partial charge in [0.15, 0.2) is 0 Å². The molecule has 6 heteroatoms. The number of nitrogens with one attached hydrogen (secondary N) is 1. The van der Waals surface area contributed by atoms with Crippen LogP contribution in [-0.2, 0) is 13.6 Å². The van der Waals surface area contributed by atoms with Gasteiger partial charge in [0.25, 0.3) is 5.91 Å². The van der Waals surface area contributed by atoms with Crippen molar-refractivity contribution >= 4 is 16.8 Å². The molecule has 0 radical (unpaired) electrons. The quantitative estimate of drug-likeness (QED) is 0.614. The molecule has 1 N–H and O–H groups in total. The number of amides is 1. The minimum absolute atomic E-state index is 0.164. The van der Waals surface area contributed by atoms with E-state index in [0.29, 0.717) is 17.9 Å². The zero-order valence-corrected chi connectivity index (χ0v) is 14.6. The van der Waals surface area contributed by atoms with Crippen molar-refractivity contribution in [2.45, 2.75) is 13.5 Å². The standard InChI is InChI=1S/C20H18N4O2/c1-13-17(12-22-24(13)2)19-10-16(15-7-3-4-8-18(15)23-19)20(25)21-11-14-6-5-9-26-14/h3-10,12H,11H2,1-2H3,(H,21,25). The lowest BCUT2D eigenvalue weighted by Crippen LogP contribution is -2.23. The molecular formula is C20H18N4O2. The molecule has 0 bridgehead atoms. The van der Waals surface area contributed by atoms with Crippen LogP contribution in [0.4, 0.5) is 0 Å². The zero-order valence-electron chi connectivity index (χ0n) is 14.6. The Morgan fingerprint density at radius 1 is 1.23 bits per heavy atom. The van der Waals surface area contributed by atoms with Gasteiger partial charge in [0.05, 0.1) is 35.8 Å². The van der Waals surface area contributed by atoms with E-state index in [1.54, 1.807) is 23.2 Å². The molecule has 130 valence electrons. The summed E-state index contributed by atoms with van der Waals surface area (Å²) in [6, 6.07) is 13.1. The molecule has 6 nitrogen and oxygen atoms in total. The first-order valence-electron chi connectivity index (χ1n) is 8.33. The highest BCUT2D eigenvalue weighted by Gasteiger charge is 2.16. The molecule has 0 fully saturated rings. The third kappa shape index (κ3) is 2.86. The molecule has 0 spiro atoms. The van der Waals surface area contributed by atoms with Crippen LogP contribution in [-0.4, -0.2) is 20.7 Å². The van der Waals surface area contributed by atoms with Gasteiger partial charge in [0, 0.05) is 23.7 Å². The largest absolute Gasteiger partial charge is 0.467 e. The number of hydrogen-bond acceptors (Lipinski definition) is 4. The second kappa shape index (κ2) is 6.48. The van der Waals surface area contributed by atoms with E-state index in [-0.39, 0.29) is 5.91 Å². The van der Waals surface area contributed by atoms with E-state index in [9.17, 15) is 4.79 Å². The van der Waals surface area contributed by atoms with E-state index in [2.05, 4.69) is 10.4 Å². The molecule has 26 heavy (non-hydrogen) atoms. The number of carbonyl (C=O) groups excluding carboxylic acids is 1. The van der Waals surface area contributed by atoms with E-state index in [4.69, 9.17) is 9.40 Å². The molecule has 0 unspecified atom stereocenters. The summed E-state index contributed by atoms with van der Waals surface area (Å²) in [6.45, 7) is 2.32. The Morgan fingerprint density at radius 2 is 2.08 bits per heavy atom. The Hall–Kier alpha value is -3.41. The maximum absolute atomic E-state index is 12.8. The predicted octanol–water partition coefficient (Wildman–Crippen LogP) is 3.47.